The van der Waals surface area contributed by atoms with Crippen LogP contribution in [0.5, 0.6) is 0 Å². The van der Waals surface area contributed by atoms with Crippen LogP contribution in [0.3, 0.4) is 0 Å². The monoisotopic (exact) mass is 373 g/mol. The summed E-state index contributed by atoms with van der Waals surface area (Å²) in [4.78, 5) is 36.7. The lowest BCUT2D eigenvalue weighted by Crippen LogP contribution is -2.50. The maximum Gasteiger partial charge on any atom is 0.241 e. The number of rotatable bonds is 7. The molecule has 1 aliphatic heterocycles. The van der Waals surface area contributed by atoms with Crippen LogP contribution in [0.1, 0.15) is 31.6 Å². The summed E-state index contributed by atoms with van der Waals surface area (Å²) in [6.45, 7) is 4.03. The first kappa shape index (κ1) is 19.3. The minimum atomic E-state index is -0.00384. The summed E-state index contributed by atoms with van der Waals surface area (Å²) in [5.41, 5.74) is 1.69. The largest absolute Gasteiger partial charge is 0.383 e. The zero-order valence-corrected chi connectivity index (χ0v) is 16.2. The van der Waals surface area contributed by atoms with Crippen LogP contribution in [0.25, 0.3) is 11.2 Å². The molecule has 0 spiro atoms. The van der Waals surface area contributed by atoms with Gasteiger partial charge in [0.2, 0.25) is 11.8 Å². The summed E-state index contributed by atoms with van der Waals surface area (Å²) in [6.07, 6.45) is 3.53. The number of nitrogens with zero attached hydrogens (tertiary/aromatic N) is 5. The number of carbonyl (C=O) groups is 2. The highest BCUT2D eigenvalue weighted by Gasteiger charge is 2.24. The number of aryl methyl sites for hydroxylation is 1. The molecule has 1 aliphatic rings. The van der Waals surface area contributed by atoms with Crippen molar-refractivity contribution in [2.45, 2.75) is 32.2 Å². The van der Waals surface area contributed by atoms with Crippen LogP contribution < -0.4 is 0 Å². The summed E-state index contributed by atoms with van der Waals surface area (Å²) >= 11 is 0. The Morgan fingerprint density at radius 3 is 2.93 bits per heavy atom. The Hall–Kier alpha value is -2.48. The minimum absolute atomic E-state index is 0.00384. The van der Waals surface area contributed by atoms with Gasteiger partial charge in [0.15, 0.2) is 5.65 Å². The number of fused-ring (bicyclic) bond motifs is 1. The van der Waals surface area contributed by atoms with E-state index in [4.69, 9.17) is 9.72 Å². The van der Waals surface area contributed by atoms with Crippen LogP contribution in [-0.4, -0.2) is 76.5 Å². The number of ether oxygens (including phenoxy) is 1. The summed E-state index contributed by atoms with van der Waals surface area (Å²) in [5, 5.41) is 0. The number of pyridine rings is 1. The van der Waals surface area contributed by atoms with E-state index >= 15 is 0 Å². The number of imidazole rings is 1. The van der Waals surface area contributed by atoms with Gasteiger partial charge in [-0.25, -0.2) is 9.97 Å². The molecular weight excluding hydrogens is 346 g/mol. The third kappa shape index (κ3) is 4.27. The van der Waals surface area contributed by atoms with Crippen LogP contribution >= 0.6 is 0 Å². The lowest BCUT2D eigenvalue weighted by atomic mass is 10.2. The number of hydrogen-bond donors (Lipinski definition) is 0. The van der Waals surface area contributed by atoms with Crippen molar-refractivity contribution >= 4 is 23.0 Å². The van der Waals surface area contributed by atoms with Gasteiger partial charge in [0.05, 0.1) is 19.2 Å². The molecule has 2 amide bonds. The van der Waals surface area contributed by atoms with Gasteiger partial charge in [0, 0.05) is 46.3 Å². The molecule has 1 atom stereocenters. The molecule has 1 saturated heterocycles. The van der Waals surface area contributed by atoms with E-state index in [0.717, 1.165) is 17.0 Å². The quantitative estimate of drug-likeness (QED) is 0.730. The van der Waals surface area contributed by atoms with Crippen LogP contribution in [0.15, 0.2) is 18.3 Å². The first-order valence-electron chi connectivity index (χ1n) is 9.33. The second kappa shape index (κ2) is 8.47. The smallest absolute Gasteiger partial charge is 0.241 e. The topological polar surface area (TPSA) is 80.6 Å². The summed E-state index contributed by atoms with van der Waals surface area (Å²) in [6, 6.07) is 3.93. The number of carbonyl (C=O) groups excluding carboxylic acids is 2. The number of piperazine rings is 1. The number of likely N-dealkylation sites (N-methyl/N-ethyl adjacent to an activating group) is 1. The molecule has 0 aliphatic carbocycles. The molecule has 3 rings (SSSR count). The number of amides is 2. The van der Waals surface area contributed by atoms with Crippen molar-refractivity contribution in [3.63, 3.8) is 0 Å². The molecular formula is C19H27N5O3. The van der Waals surface area contributed by atoms with E-state index in [1.807, 2.05) is 12.1 Å². The molecule has 0 saturated carbocycles. The molecule has 0 bridgehead atoms. The van der Waals surface area contributed by atoms with E-state index in [2.05, 4.69) is 16.5 Å². The SMILES string of the molecule is COC[C@@H](C)n1c(CCCC(=O)N2CCN(C)C(=O)C2)nc2cccnc21. The zero-order valence-electron chi connectivity index (χ0n) is 16.2. The molecule has 2 aromatic rings. The Morgan fingerprint density at radius 2 is 2.19 bits per heavy atom. The van der Waals surface area contributed by atoms with Crippen LogP contribution in [0.4, 0.5) is 0 Å². The van der Waals surface area contributed by atoms with E-state index in [0.29, 0.717) is 39.0 Å². The third-order valence-electron chi connectivity index (χ3n) is 4.97. The summed E-state index contributed by atoms with van der Waals surface area (Å²) in [5.74, 6) is 0.938. The van der Waals surface area contributed by atoms with Gasteiger partial charge in [-0.1, -0.05) is 0 Å². The fourth-order valence-electron chi connectivity index (χ4n) is 3.46. The van der Waals surface area contributed by atoms with E-state index in [9.17, 15) is 9.59 Å². The van der Waals surface area contributed by atoms with Gasteiger partial charge in [-0.15, -0.1) is 0 Å². The maximum atomic E-state index is 12.4. The van der Waals surface area contributed by atoms with Crippen LogP contribution in [-0.2, 0) is 20.7 Å². The Morgan fingerprint density at radius 1 is 1.37 bits per heavy atom. The van der Waals surface area contributed by atoms with Gasteiger partial charge < -0.3 is 19.1 Å². The van der Waals surface area contributed by atoms with Crippen LogP contribution in [0, 0.1) is 0 Å². The molecule has 0 radical (unpaired) electrons. The Labute approximate surface area is 159 Å². The number of methoxy groups -OCH3 is 1. The van der Waals surface area contributed by atoms with Gasteiger partial charge in [-0.2, -0.15) is 0 Å². The minimum Gasteiger partial charge on any atom is -0.383 e. The standard InChI is InChI=1S/C19H27N5O3/c1-14(13-27-3)24-16(21-15-6-5-9-20-19(15)24)7-4-8-17(25)23-11-10-22(2)18(26)12-23/h5-6,9,14H,4,7-8,10-13H2,1-3H3/t14-/m1/s1. The molecule has 3 heterocycles. The molecule has 1 fully saturated rings. The average molecular weight is 373 g/mol. The molecule has 0 unspecified atom stereocenters. The van der Waals surface area contributed by atoms with E-state index in [-0.39, 0.29) is 24.4 Å². The Balaban J connectivity index is 1.65. The van der Waals surface area contributed by atoms with E-state index in [1.54, 1.807) is 30.2 Å². The highest BCUT2D eigenvalue weighted by atomic mass is 16.5. The lowest BCUT2D eigenvalue weighted by molar-refractivity contribution is -0.144. The fourth-order valence-corrected chi connectivity index (χ4v) is 3.46. The predicted octanol–water partition coefficient (Wildman–Crippen LogP) is 1.26. The van der Waals surface area contributed by atoms with Gasteiger partial charge in [0.1, 0.15) is 11.3 Å². The molecule has 8 nitrogen and oxygen atoms in total. The molecule has 0 N–H and O–H groups in total. The molecule has 146 valence electrons. The average Bonchev–Trinajstić information content (AvgIpc) is 3.02. The zero-order chi connectivity index (χ0) is 19.4. The Kier molecular flexibility index (Phi) is 6.05. The first-order valence-corrected chi connectivity index (χ1v) is 9.33. The van der Waals surface area contributed by atoms with Crippen LogP contribution in [0.2, 0.25) is 0 Å². The van der Waals surface area contributed by atoms with Crippen molar-refractivity contribution in [2.24, 2.45) is 0 Å². The first-order chi connectivity index (χ1) is 13.0. The molecule has 2 aromatic heterocycles. The summed E-state index contributed by atoms with van der Waals surface area (Å²) in [7, 11) is 3.45. The van der Waals surface area contributed by atoms with Crippen molar-refractivity contribution in [3.8, 4) is 0 Å². The van der Waals surface area contributed by atoms with Crippen molar-refractivity contribution in [1.29, 1.82) is 0 Å². The maximum absolute atomic E-state index is 12.4. The van der Waals surface area contributed by atoms with Crippen molar-refractivity contribution in [1.82, 2.24) is 24.3 Å². The highest BCUT2D eigenvalue weighted by Crippen LogP contribution is 2.21. The van der Waals surface area contributed by atoms with Gasteiger partial charge >= 0.3 is 0 Å². The van der Waals surface area contributed by atoms with Gasteiger partial charge in [0.25, 0.3) is 0 Å². The normalized spacial score (nSPS) is 16.2. The second-order valence-corrected chi connectivity index (χ2v) is 7.03. The van der Waals surface area contributed by atoms with E-state index < -0.39 is 0 Å². The predicted molar refractivity (Wildman–Crippen MR) is 101 cm³/mol. The summed E-state index contributed by atoms with van der Waals surface area (Å²) < 4.78 is 7.40. The third-order valence-corrected chi connectivity index (χ3v) is 4.97. The van der Waals surface area contributed by atoms with Gasteiger partial charge in [-0.05, 0) is 25.5 Å². The van der Waals surface area contributed by atoms with E-state index in [1.165, 1.54) is 0 Å². The lowest BCUT2D eigenvalue weighted by Gasteiger charge is -2.32. The number of aromatic nitrogens is 3. The number of hydrogen-bond acceptors (Lipinski definition) is 5. The molecule has 0 aromatic carbocycles. The second-order valence-electron chi connectivity index (χ2n) is 7.03. The van der Waals surface area contributed by atoms with Gasteiger partial charge in [-0.3, -0.25) is 9.59 Å². The van der Waals surface area contributed by atoms with Crippen molar-refractivity contribution in [3.05, 3.63) is 24.2 Å². The fraction of sp³-hybridized carbons (Fsp3) is 0.579. The van der Waals surface area contributed by atoms with Crippen molar-refractivity contribution in [2.75, 3.05) is 40.4 Å². The van der Waals surface area contributed by atoms with Crippen molar-refractivity contribution < 1.29 is 14.3 Å². The molecule has 8 heteroatoms. The molecule has 27 heavy (non-hydrogen) atoms. The highest BCUT2D eigenvalue weighted by molar-refractivity contribution is 5.85. The Bertz CT molecular complexity index is 819.